The minimum atomic E-state index is -0.320. The monoisotopic (exact) mass is 394 g/mol. The Morgan fingerprint density at radius 1 is 1.27 bits per heavy atom. The summed E-state index contributed by atoms with van der Waals surface area (Å²) < 4.78 is 15.8. The highest BCUT2D eigenvalue weighted by molar-refractivity contribution is 6.33. The molecule has 1 aromatic carbocycles. The quantitative estimate of drug-likeness (QED) is 0.640. The molecular weight excluding hydrogens is 379 g/mol. The van der Waals surface area contributed by atoms with Gasteiger partial charge in [0.25, 0.3) is 0 Å². The zero-order valence-electron chi connectivity index (χ0n) is 14.2. The third-order valence-electron chi connectivity index (χ3n) is 3.26. The van der Waals surface area contributed by atoms with Gasteiger partial charge in [0.15, 0.2) is 5.75 Å². The summed E-state index contributed by atoms with van der Waals surface area (Å²) in [5.74, 6) is 0.480. The van der Waals surface area contributed by atoms with Crippen molar-refractivity contribution < 1.29 is 19.0 Å². The fourth-order valence-corrected chi connectivity index (χ4v) is 2.58. The summed E-state index contributed by atoms with van der Waals surface area (Å²) in [5.41, 5.74) is 0.906. The number of nitriles is 1. The van der Waals surface area contributed by atoms with Crippen LogP contribution in [0.2, 0.25) is 10.0 Å². The molecule has 0 fully saturated rings. The number of methoxy groups -OCH3 is 1. The molecule has 1 heterocycles. The lowest BCUT2D eigenvalue weighted by molar-refractivity contribution is -0.143. The van der Waals surface area contributed by atoms with E-state index < -0.39 is 0 Å². The number of benzene rings is 1. The van der Waals surface area contributed by atoms with E-state index in [1.54, 1.807) is 19.1 Å². The van der Waals surface area contributed by atoms with E-state index in [4.69, 9.17) is 42.7 Å². The summed E-state index contributed by atoms with van der Waals surface area (Å²) in [5, 5.41) is 9.57. The number of nitrogens with zero attached hydrogens (tertiary/aromatic N) is 2. The first-order chi connectivity index (χ1) is 12.5. The molecule has 136 valence electrons. The molecule has 0 unspecified atom stereocenters. The van der Waals surface area contributed by atoms with Crippen LogP contribution in [0.5, 0.6) is 17.4 Å². The molecule has 0 spiro atoms. The first-order valence-corrected chi connectivity index (χ1v) is 8.50. The molecule has 0 radical (unpaired) electrons. The molecule has 0 aliphatic heterocycles. The molecule has 0 saturated heterocycles. The third kappa shape index (κ3) is 5.25. The molecule has 0 amide bonds. The summed E-state index contributed by atoms with van der Waals surface area (Å²) in [4.78, 5) is 15.8. The van der Waals surface area contributed by atoms with Crippen molar-refractivity contribution in [3.8, 4) is 23.4 Å². The largest absolute Gasteiger partial charge is 0.480 e. The maximum atomic E-state index is 11.5. The second-order valence-corrected chi connectivity index (χ2v) is 5.94. The van der Waals surface area contributed by atoms with E-state index in [2.05, 4.69) is 4.98 Å². The Morgan fingerprint density at radius 2 is 2.04 bits per heavy atom. The van der Waals surface area contributed by atoms with Crippen LogP contribution in [-0.2, 0) is 16.0 Å². The minimum absolute atomic E-state index is 0.167. The SMILES string of the molecule is CCOC(=O)CCc1cc(Oc2cc(Cl)cc(C#N)c2)c(Cl)c(OC)n1. The second-order valence-electron chi connectivity index (χ2n) is 5.13. The van der Waals surface area contributed by atoms with Crippen molar-refractivity contribution in [1.29, 1.82) is 5.26 Å². The summed E-state index contributed by atoms with van der Waals surface area (Å²) in [6.07, 6.45) is 0.503. The zero-order chi connectivity index (χ0) is 19.1. The number of pyridine rings is 1. The number of halogens is 2. The van der Waals surface area contributed by atoms with Gasteiger partial charge in [-0.3, -0.25) is 4.79 Å². The maximum absolute atomic E-state index is 11.5. The highest BCUT2D eigenvalue weighted by Crippen LogP contribution is 2.37. The molecule has 0 saturated carbocycles. The van der Waals surface area contributed by atoms with Crippen molar-refractivity contribution in [1.82, 2.24) is 4.98 Å². The molecule has 0 aliphatic carbocycles. The molecule has 0 atom stereocenters. The highest BCUT2D eigenvalue weighted by Gasteiger charge is 2.15. The van der Waals surface area contributed by atoms with Crippen LogP contribution in [0.15, 0.2) is 24.3 Å². The zero-order valence-corrected chi connectivity index (χ0v) is 15.7. The number of esters is 1. The van der Waals surface area contributed by atoms with Crippen LogP contribution in [0.25, 0.3) is 0 Å². The Hall–Kier alpha value is -2.49. The van der Waals surface area contributed by atoms with Crippen LogP contribution < -0.4 is 9.47 Å². The van der Waals surface area contributed by atoms with Gasteiger partial charge in [0.05, 0.1) is 31.8 Å². The topological polar surface area (TPSA) is 81.4 Å². The minimum Gasteiger partial charge on any atom is -0.480 e. The maximum Gasteiger partial charge on any atom is 0.306 e. The number of ether oxygens (including phenoxy) is 3. The van der Waals surface area contributed by atoms with E-state index in [1.165, 1.54) is 19.2 Å². The molecule has 26 heavy (non-hydrogen) atoms. The third-order valence-corrected chi connectivity index (χ3v) is 3.83. The van der Waals surface area contributed by atoms with Crippen molar-refractivity contribution in [2.45, 2.75) is 19.8 Å². The normalized spacial score (nSPS) is 10.1. The van der Waals surface area contributed by atoms with Gasteiger partial charge in [-0.1, -0.05) is 23.2 Å². The van der Waals surface area contributed by atoms with Gasteiger partial charge in [-0.05, 0) is 25.1 Å². The van der Waals surface area contributed by atoms with E-state index in [0.29, 0.717) is 35.1 Å². The molecule has 6 nitrogen and oxygen atoms in total. The standard InChI is InChI=1S/C18H16Cl2N2O4/c1-3-25-16(23)5-4-13-9-15(17(20)18(22-13)24-2)26-14-7-11(10-21)6-12(19)8-14/h6-9H,3-5H2,1-2H3. The van der Waals surface area contributed by atoms with E-state index in [-0.39, 0.29) is 29.0 Å². The Kier molecular flexibility index (Phi) is 7.07. The molecular formula is C18H16Cl2N2O4. The molecule has 0 bridgehead atoms. The first-order valence-electron chi connectivity index (χ1n) is 7.74. The Morgan fingerprint density at radius 3 is 2.69 bits per heavy atom. The van der Waals surface area contributed by atoms with Gasteiger partial charge in [0, 0.05) is 23.2 Å². The lowest BCUT2D eigenvalue weighted by atomic mass is 10.2. The lowest BCUT2D eigenvalue weighted by Gasteiger charge is -2.12. The summed E-state index contributed by atoms with van der Waals surface area (Å²) in [6, 6.07) is 8.23. The average molecular weight is 395 g/mol. The van der Waals surface area contributed by atoms with Gasteiger partial charge in [-0.25, -0.2) is 4.98 Å². The van der Waals surface area contributed by atoms with Crippen molar-refractivity contribution in [3.05, 3.63) is 45.6 Å². The van der Waals surface area contributed by atoms with Crippen LogP contribution in [0.1, 0.15) is 24.6 Å². The molecule has 2 aromatic rings. The molecule has 0 N–H and O–H groups in total. The van der Waals surface area contributed by atoms with Gasteiger partial charge in [0.1, 0.15) is 10.8 Å². The number of carbonyl (C=O) groups excluding carboxylic acids is 1. The molecule has 0 aliphatic rings. The molecule has 2 rings (SSSR count). The van der Waals surface area contributed by atoms with Crippen molar-refractivity contribution in [2.75, 3.05) is 13.7 Å². The van der Waals surface area contributed by atoms with E-state index in [1.807, 2.05) is 6.07 Å². The van der Waals surface area contributed by atoms with Crippen molar-refractivity contribution in [2.24, 2.45) is 0 Å². The van der Waals surface area contributed by atoms with Gasteiger partial charge in [-0.15, -0.1) is 0 Å². The number of aromatic nitrogens is 1. The van der Waals surface area contributed by atoms with Crippen LogP contribution >= 0.6 is 23.2 Å². The number of rotatable bonds is 7. The average Bonchev–Trinajstić information content (AvgIpc) is 2.61. The second kappa shape index (κ2) is 9.27. The van der Waals surface area contributed by atoms with E-state index in [9.17, 15) is 4.79 Å². The Labute approximate surface area is 161 Å². The van der Waals surface area contributed by atoms with Gasteiger partial charge < -0.3 is 14.2 Å². The van der Waals surface area contributed by atoms with Crippen LogP contribution in [0.4, 0.5) is 0 Å². The smallest absolute Gasteiger partial charge is 0.306 e. The summed E-state index contributed by atoms with van der Waals surface area (Å²) >= 11 is 12.2. The predicted molar refractivity (Wildman–Crippen MR) is 97.0 cm³/mol. The van der Waals surface area contributed by atoms with Gasteiger partial charge in [-0.2, -0.15) is 5.26 Å². The first kappa shape index (κ1) is 19.8. The number of hydrogen-bond acceptors (Lipinski definition) is 6. The van der Waals surface area contributed by atoms with E-state index >= 15 is 0 Å². The van der Waals surface area contributed by atoms with Crippen molar-refractivity contribution >= 4 is 29.2 Å². The highest BCUT2D eigenvalue weighted by atomic mass is 35.5. The number of carbonyl (C=O) groups is 1. The Bertz CT molecular complexity index is 850. The van der Waals surface area contributed by atoms with Crippen LogP contribution in [0.3, 0.4) is 0 Å². The predicted octanol–water partition coefficient (Wildman–Crippen LogP) is 4.56. The van der Waals surface area contributed by atoms with E-state index in [0.717, 1.165) is 0 Å². The number of aryl methyl sites for hydroxylation is 1. The van der Waals surface area contributed by atoms with Crippen LogP contribution in [0, 0.1) is 11.3 Å². The molecule has 1 aromatic heterocycles. The lowest BCUT2D eigenvalue weighted by Crippen LogP contribution is -2.06. The fourth-order valence-electron chi connectivity index (χ4n) is 2.15. The van der Waals surface area contributed by atoms with Gasteiger partial charge in [0.2, 0.25) is 5.88 Å². The fraction of sp³-hybridized carbons (Fsp3) is 0.278. The summed E-state index contributed by atoms with van der Waals surface area (Å²) in [7, 11) is 1.43. The van der Waals surface area contributed by atoms with Crippen molar-refractivity contribution in [3.63, 3.8) is 0 Å². The number of hydrogen-bond donors (Lipinski definition) is 0. The van der Waals surface area contributed by atoms with Gasteiger partial charge >= 0.3 is 5.97 Å². The molecule has 8 heteroatoms. The summed E-state index contributed by atoms with van der Waals surface area (Å²) in [6.45, 7) is 2.06. The van der Waals surface area contributed by atoms with Crippen LogP contribution in [-0.4, -0.2) is 24.7 Å². The Balaban J connectivity index is 2.29.